The molecule has 1 saturated heterocycles. The van der Waals surface area contributed by atoms with E-state index in [9.17, 15) is 21.6 Å². The second-order valence-electron chi connectivity index (χ2n) is 4.36. The predicted molar refractivity (Wildman–Crippen MR) is 58.7 cm³/mol. The lowest BCUT2D eigenvalue weighted by Crippen LogP contribution is -2.15. The molecule has 1 aromatic heterocycles. The Morgan fingerprint density at radius 2 is 2.06 bits per heavy atom. The summed E-state index contributed by atoms with van der Waals surface area (Å²) in [6.45, 7) is 1.23. The maximum atomic E-state index is 12.6. The largest absolute Gasteiger partial charge is 0.435 e. The van der Waals surface area contributed by atoms with E-state index in [1.54, 1.807) is 0 Å². The third kappa shape index (κ3) is 2.18. The fraction of sp³-hybridized carbons (Fsp3) is 0.667. The highest BCUT2D eigenvalue weighted by atomic mass is 32.2. The molecule has 0 spiro atoms. The van der Waals surface area contributed by atoms with Gasteiger partial charge in [0.15, 0.2) is 15.5 Å². The number of alkyl halides is 3. The molecule has 0 aromatic carbocycles. The van der Waals surface area contributed by atoms with E-state index < -0.39 is 27.7 Å². The molecule has 2 N–H and O–H groups in total. The lowest BCUT2D eigenvalue weighted by molar-refractivity contribution is -0.142. The molecule has 0 radical (unpaired) electrons. The molecule has 1 aliphatic rings. The van der Waals surface area contributed by atoms with Crippen LogP contribution in [0.3, 0.4) is 0 Å². The molecule has 0 amide bonds. The SMILES string of the molecule is Cc1c(C(F)(F)F)nn(C2CCS(=O)(=O)C2)c1N. The van der Waals surface area contributed by atoms with Crippen LogP contribution in [0.5, 0.6) is 0 Å². The molecule has 0 saturated carbocycles. The zero-order valence-corrected chi connectivity index (χ0v) is 10.3. The molecule has 5 nitrogen and oxygen atoms in total. The maximum Gasteiger partial charge on any atom is 0.435 e. The first-order valence-electron chi connectivity index (χ1n) is 5.24. The molecular formula is C9H12F3N3O2S. The molecule has 1 fully saturated rings. The molecular weight excluding hydrogens is 271 g/mol. The summed E-state index contributed by atoms with van der Waals surface area (Å²) in [5.41, 5.74) is 4.36. The van der Waals surface area contributed by atoms with Crippen molar-refractivity contribution in [2.45, 2.75) is 25.6 Å². The Balaban J connectivity index is 2.42. The summed E-state index contributed by atoms with van der Waals surface area (Å²) in [7, 11) is -3.20. The molecule has 2 heterocycles. The van der Waals surface area contributed by atoms with Crippen LogP contribution >= 0.6 is 0 Å². The van der Waals surface area contributed by atoms with Gasteiger partial charge in [0, 0.05) is 5.56 Å². The highest BCUT2D eigenvalue weighted by Gasteiger charge is 2.39. The van der Waals surface area contributed by atoms with Crippen LogP contribution in [0.2, 0.25) is 0 Å². The third-order valence-corrected chi connectivity index (χ3v) is 4.77. The van der Waals surface area contributed by atoms with Crippen LogP contribution < -0.4 is 5.73 Å². The van der Waals surface area contributed by atoms with Crippen molar-refractivity contribution < 1.29 is 21.6 Å². The summed E-state index contributed by atoms with van der Waals surface area (Å²) in [6.07, 6.45) is -4.34. The Bertz CT molecular complexity index is 577. The van der Waals surface area contributed by atoms with E-state index in [4.69, 9.17) is 5.73 Å². The normalized spacial score (nSPS) is 23.4. The predicted octanol–water partition coefficient (Wildman–Crippen LogP) is 1.15. The number of nitrogens with zero attached hydrogens (tertiary/aromatic N) is 2. The molecule has 102 valence electrons. The van der Waals surface area contributed by atoms with Crippen LogP contribution in [0.25, 0.3) is 0 Å². The summed E-state index contributed by atoms with van der Waals surface area (Å²) in [6, 6.07) is -0.607. The van der Waals surface area contributed by atoms with Gasteiger partial charge >= 0.3 is 6.18 Å². The maximum absolute atomic E-state index is 12.6. The Morgan fingerprint density at radius 3 is 2.44 bits per heavy atom. The van der Waals surface area contributed by atoms with Gasteiger partial charge in [-0.3, -0.25) is 0 Å². The van der Waals surface area contributed by atoms with Crippen molar-refractivity contribution in [3.05, 3.63) is 11.3 Å². The van der Waals surface area contributed by atoms with Crippen LogP contribution in [0.1, 0.15) is 23.7 Å². The van der Waals surface area contributed by atoms with Gasteiger partial charge in [0.2, 0.25) is 0 Å². The minimum atomic E-state index is -4.58. The molecule has 0 bridgehead atoms. The van der Waals surface area contributed by atoms with Crippen molar-refractivity contribution >= 4 is 15.7 Å². The molecule has 1 aromatic rings. The summed E-state index contributed by atoms with van der Waals surface area (Å²) in [5.74, 6) is -0.378. The van der Waals surface area contributed by atoms with Crippen molar-refractivity contribution in [2.75, 3.05) is 17.2 Å². The highest BCUT2D eigenvalue weighted by Crippen LogP contribution is 2.35. The van der Waals surface area contributed by atoms with E-state index in [0.29, 0.717) is 0 Å². The summed E-state index contributed by atoms with van der Waals surface area (Å²) in [5, 5.41) is 3.43. The van der Waals surface area contributed by atoms with Crippen molar-refractivity contribution in [1.29, 1.82) is 0 Å². The molecule has 18 heavy (non-hydrogen) atoms. The lowest BCUT2D eigenvalue weighted by Gasteiger charge is -2.10. The van der Waals surface area contributed by atoms with Crippen molar-refractivity contribution in [3.8, 4) is 0 Å². The van der Waals surface area contributed by atoms with Gasteiger partial charge in [-0.25, -0.2) is 13.1 Å². The average molecular weight is 283 g/mol. The van der Waals surface area contributed by atoms with Crippen LogP contribution in [0.15, 0.2) is 0 Å². The Labute approximate surface area is 102 Å². The van der Waals surface area contributed by atoms with Crippen LogP contribution in [-0.4, -0.2) is 29.7 Å². The smallest absolute Gasteiger partial charge is 0.384 e. The Kier molecular flexibility index (Phi) is 2.84. The van der Waals surface area contributed by atoms with Crippen molar-refractivity contribution in [1.82, 2.24) is 9.78 Å². The Hall–Kier alpha value is -1.25. The molecule has 1 atom stereocenters. The number of nitrogens with two attached hydrogens (primary N) is 1. The number of sulfone groups is 1. The van der Waals surface area contributed by atoms with Gasteiger partial charge in [0.1, 0.15) is 5.82 Å². The number of hydrogen-bond acceptors (Lipinski definition) is 4. The first-order valence-corrected chi connectivity index (χ1v) is 7.06. The average Bonchev–Trinajstić information content (AvgIpc) is 2.69. The Morgan fingerprint density at radius 1 is 1.44 bits per heavy atom. The first kappa shape index (κ1) is 13.2. The molecule has 0 aliphatic carbocycles. The van der Waals surface area contributed by atoms with Gasteiger partial charge in [-0.15, -0.1) is 0 Å². The van der Waals surface area contributed by atoms with Crippen LogP contribution in [0.4, 0.5) is 19.0 Å². The van der Waals surface area contributed by atoms with E-state index >= 15 is 0 Å². The van der Waals surface area contributed by atoms with Gasteiger partial charge in [-0.2, -0.15) is 18.3 Å². The van der Waals surface area contributed by atoms with E-state index in [2.05, 4.69) is 5.10 Å². The minimum absolute atomic E-state index is 0.0443. The number of aromatic nitrogens is 2. The minimum Gasteiger partial charge on any atom is -0.384 e. The summed E-state index contributed by atoms with van der Waals surface area (Å²) >= 11 is 0. The molecule has 1 aliphatic heterocycles. The zero-order valence-electron chi connectivity index (χ0n) is 9.53. The topological polar surface area (TPSA) is 78.0 Å². The first-order chi connectivity index (χ1) is 8.12. The van der Waals surface area contributed by atoms with Gasteiger partial charge in [0.25, 0.3) is 0 Å². The van der Waals surface area contributed by atoms with Gasteiger partial charge in [-0.1, -0.05) is 0 Å². The monoisotopic (exact) mass is 283 g/mol. The van der Waals surface area contributed by atoms with Gasteiger partial charge in [0.05, 0.1) is 17.5 Å². The van der Waals surface area contributed by atoms with E-state index in [-0.39, 0.29) is 29.3 Å². The molecule has 1 unspecified atom stereocenters. The number of hydrogen-bond donors (Lipinski definition) is 1. The third-order valence-electron chi connectivity index (χ3n) is 3.02. The molecule has 2 rings (SSSR count). The summed E-state index contributed by atoms with van der Waals surface area (Å²) < 4.78 is 61.5. The van der Waals surface area contributed by atoms with E-state index in [0.717, 1.165) is 4.68 Å². The second-order valence-corrected chi connectivity index (χ2v) is 6.59. The quantitative estimate of drug-likeness (QED) is 0.838. The van der Waals surface area contributed by atoms with E-state index in [1.807, 2.05) is 0 Å². The zero-order chi connectivity index (χ0) is 13.7. The van der Waals surface area contributed by atoms with Crippen molar-refractivity contribution in [2.24, 2.45) is 0 Å². The van der Waals surface area contributed by atoms with Gasteiger partial charge in [-0.05, 0) is 13.3 Å². The summed E-state index contributed by atoms with van der Waals surface area (Å²) in [4.78, 5) is 0. The fourth-order valence-corrected chi connectivity index (χ4v) is 3.74. The number of halogens is 3. The van der Waals surface area contributed by atoms with Crippen LogP contribution in [-0.2, 0) is 16.0 Å². The standard InChI is InChI=1S/C9H12F3N3O2S/c1-5-7(9(10,11)12)14-15(8(5)13)6-2-3-18(16,17)4-6/h6H,2-4,13H2,1H3. The highest BCUT2D eigenvalue weighted by molar-refractivity contribution is 7.91. The van der Waals surface area contributed by atoms with Gasteiger partial charge < -0.3 is 5.73 Å². The van der Waals surface area contributed by atoms with Crippen LogP contribution in [0, 0.1) is 6.92 Å². The van der Waals surface area contributed by atoms with E-state index in [1.165, 1.54) is 6.92 Å². The fourth-order valence-electron chi connectivity index (χ4n) is 2.05. The molecule has 9 heteroatoms. The lowest BCUT2D eigenvalue weighted by atomic mass is 10.2. The number of nitrogen functional groups attached to an aromatic ring is 1. The number of anilines is 1. The second kappa shape index (κ2) is 3.87. The van der Waals surface area contributed by atoms with Crippen molar-refractivity contribution in [3.63, 3.8) is 0 Å². The number of rotatable bonds is 1.